The molecule has 1 atom stereocenters. The molecular weight excluding hydrogens is 386 g/mol. The van der Waals surface area contributed by atoms with Gasteiger partial charge in [-0.05, 0) is 17.7 Å². The van der Waals surface area contributed by atoms with E-state index in [4.69, 9.17) is 0 Å². The van der Waals surface area contributed by atoms with Gasteiger partial charge in [0.25, 0.3) is 0 Å². The summed E-state index contributed by atoms with van der Waals surface area (Å²) in [7, 11) is 0. The number of hydrogen-bond acceptors (Lipinski definition) is 6. The number of piperazine rings is 1. The first-order chi connectivity index (χ1) is 14.1. The number of amides is 2. The summed E-state index contributed by atoms with van der Waals surface area (Å²) in [5.74, 6) is -0.0841. The molecule has 4 rings (SSSR count). The number of carbonyl (C=O) groups is 2. The molecule has 1 fully saturated rings. The molecule has 29 heavy (non-hydrogen) atoms. The van der Waals surface area contributed by atoms with Gasteiger partial charge in [0.2, 0.25) is 11.8 Å². The average Bonchev–Trinajstić information content (AvgIpc) is 3.18. The Labute approximate surface area is 173 Å². The molecule has 150 valence electrons. The van der Waals surface area contributed by atoms with Crippen molar-refractivity contribution in [3.8, 4) is 0 Å². The lowest BCUT2D eigenvalue weighted by Crippen LogP contribution is -2.49. The molecule has 1 N–H and O–H groups in total. The molecule has 3 aromatic rings. The highest BCUT2D eigenvalue weighted by atomic mass is 32.1. The van der Waals surface area contributed by atoms with Crippen molar-refractivity contribution in [2.24, 2.45) is 0 Å². The van der Waals surface area contributed by atoms with Crippen LogP contribution in [0.15, 0.2) is 48.7 Å². The number of benzene rings is 1. The van der Waals surface area contributed by atoms with Crippen LogP contribution in [0.1, 0.15) is 24.9 Å². The van der Waals surface area contributed by atoms with Gasteiger partial charge in [-0.1, -0.05) is 41.7 Å². The molecule has 3 heterocycles. The van der Waals surface area contributed by atoms with Crippen molar-refractivity contribution in [3.05, 3.63) is 54.2 Å². The number of hydrogen-bond donors (Lipinski definition) is 1. The van der Waals surface area contributed by atoms with Crippen molar-refractivity contribution in [2.45, 2.75) is 19.4 Å². The van der Waals surface area contributed by atoms with Gasteiger partial charge in [0.1, 0.15) is 10.3 Å². The summed E-state index contributed by atoms with van der Waals surface area (Å²) in [6.07, 6.45) is 2.04. The first kappa shape index (κ1) is 19.3. The fourth-order valence-electron chi connectivity index (χ4n) is 3.53. The molecule has 1 aromatic carbocycles. The number of thiazole rings is 1. The number of fused-ring (bicyclic) bond motifs is 1. The lowest BCUT2D eigenvalue weighted by Gasteiger charge is -2.35. The van der Waals surface area contributed by atoms with E-state index < -0.39 is 0 Å². The maximum Gasteiger partial charge on any atom is 0.225 e. The van der Waals surface area contributed by atoms with E-state index in [0.717, 1.165) is 34.1 Å². The molecule has 0 saturated carbocycles. The minimum atomic E-state index is -0.311. The topological polar surface area (TPSA) is 78.4 Å². The van der Waals surface area contributed by atoms with E-state index in [2.05, 4.69) is 20.2 Å². The fraction of sp³-hybridized carbons (Fsp3) is 0.333. The average molecular weight is 410 g/mol. The van der Waals surface area contributed by atoms with E-state index in [-0.39, 0.29) is 24.3 Å². The van der Waals surface area contributed by atoms with E-state index in [0.29, 0.717) is 13.1 Å². The van der Waals surface area contributed by atoms with E-state index in [1.54, 1.807) is 17.5 Å². The summed E-state index contributed by atoms with van der Waals surface area (Å²) in [4.78, 5) is 38.5. The Balaban J connectivity index is 1.38. The molecule has 2 aromatic heterocycles. The third-order valence-electron chi connectivity index (χ3n) is 5.02. The highest BCUT2D eigenvalue weighted by molar-refractivity contribution is 7.21. The summed E-state index contributed by atoms with van der Waals surface area (Å²) >= 11 is 1.58. The van der Waals surface area contributed by atoms with E-state index >= 15 is 0 Å². The van der Waals surface area contributed by atoms with E-state index in [1.165, 1.54) is 6.92 Å². The van der Waals surface area contributed by atoms with Crippen molar-refractivity contribution in [3.63, 3.8) is 0 Å². The minimum absolute atomic E-state index is 0.0539. The minimum Gasteiger partial charge on any atom is -0.349 e. The highest BCUT2D eigenvalue weighted by Crippen LogP contribution is 2.28. The molecule has 0 bridgehead atoms. The summed E-state index contributed by atoms with van der Waals surface area (Å²) in [6, 6.07) is 13.2. The molecule has 8 heteroatoms. The molecule has 1 saturated heterocycles. The largest absolute Gasteiger partial charge is 0.349 e. The number of aromatic nitrogens is 2. The Bertz CT molecular complexity index is 965. The fourth-order valence-corrected chi connectivity index (χ4v) is 4.49. The van der Waals surface area contributed by atoms with Gasteiger partial charge in [-0.15, -0.1) is 0 Å². The zero-order chi connectivity index (χ0) is 20.2. The maximum absolute atomic E-state index is 12.9. The standard InChI is InChI=1S/C21H23N5O2S/c1-15(27)23-18(16-6-3-2-4-7-16)14-19(28)25-10-12-26(13-11-25)21-24-17-8-5-9-22-20(17)29-21/h2-9,18H,10-14H2,1H3,(H,23,27). The van der Waals surface area contributed by atoms with Crippen LogP contribution >= 0.6 is 11.3 Å². The summed E-state index contributed by atoms with van der Waals surface area (Å²) < 4.78 is 0. The second-order valence-corrected chi connectivity index (χ2v) is 8.02. The van der Waals surface area contributed by atoms with Gasteiger partial charge in [-0.2, -0.15) is 0 Å². The summed E-state index contributed by atoms with van der Waals surface area (Å²) in [5, 5.41) is 3.85. The van der Waals surface area contributed by atoms with Gasteiger partial charge in [-0.3, -0.25) is 9.59 Å². The Kier molecular flexibility index (Phi) is 5.71. The van der Waals surface area contributed by atoms with Gasteiger partial charge >= 0.3 is 0 Å². The van der Waals surface area contributed by atoms with E-state index in [1.807, 2.05) is 47.4 Å². The zero-order valence-corrected chi connectivity index (χ0v) is 17.1. The number of rotatable bonds is 5. The number of anilines is 1. The smallest absolute Gasteiger partial charge is 0.225 e. The lowest BCUT2D eigenvalue weighted by molar-refractivity contribution is -0.132. The summed E-state index contributed by atoms with van der Waals surface area (Å²) in [6.45, 7) is 4.24. The van der Waals surface area contributed by atoms with Crippen LogP contribution in [0.2, 0.25) is 0 Å². The molecule has 2 amide bonds. The van der Waals surface area contributed by atoms with Gasteiger partial charge in [-0.25, -0.2) is 9.97 Å². The van der Waals surface area contributed by atoms with Crippen LogP contribution in [0.4, 0.5) is 5.13 Å². The number of pyridine rings is 1. The van der Waals surface area contributed by atoms with Gasteiger partial charge in [0.05, 0.1) is 12.5 Å². The third kappa shape index (κ3) is 4.54. The number of nitrogens with one attached hydrogen (secondary N) is 1. The van der Waals surface area contributed by atoms with Crippen LogP contribution in [0.3, 0.4) is 0 Å². The third-order valence-corrected chi connectivity index (χ3v) is 6.06. The molecule has 0 radical (unpaired) electrons. The second-order valence-electron chi connectivity index (χ2n) is 7.06. The van der Waals surface area contributed by atoms with Crippen molar-refractivity contribution in [1.82, 2.24) is 20.2 Å². The quantitative estimate of drug-likeness (QED) is 0.701. The molecule has 1 aliphatic heterocycles. The van der Waals surface area contributed by atoms with Crippen LogP contribution in [0.5, 0.6) is 0 Å². The predicted octanol–water partition coefficient (Wildman–Crippen LogP) is 2.61. The SMILES string of the molecule is CC(=O)NC(CC(=O)N1CCN(c2nc3cccnc3s2)CC1)c1ccccc1. The van der Waals surface area contributed by atoms with Crippen molar-refractivity contribution in [1.29, 1.82) is 0 Å². The molecule has 0 spiro atoms. The first-order valence-electron chi connectivity index (χ1n) is 9.66. The van der Waals surface area contributed by atoms with Crippen LogP contribution in [0, 0.1) is 0 Å². The molecule has 1 aliphatic rings. The summed E-state index contributed by atoms with van der Waals surface area (Å²) in [5.41, 5.74) is 1.85. The Morgan fingerprint density at radius 1 is 1.10 bits per heavy atom. The van der Waals surface area contributed by atoms with Gasteiger partial charge in [0.15, 0.2) is 5.13 Å². The maximum atomic E-state index is 12.9. The Morgan fingerprint density at radius 2 is 1.86 bits per heavy atom. The second kappa shape index (κ2) is 8.57. The number of nitrogens with zero attached hydrogens (tertiary/aromatic N) is 4. The number of carbonyl (C=O) groups excluding carboxylic acids is 2. The molecule has 0 aliphatic carbocycles. The van der Waals surface area contributed by atoms with E-state index in [9.17, 15) is 9.59 Å². The monoisotopic (exact) mass is 409 g/mol. The molecular formula is C21H23N5O2S. The van der Waals surface area contributed by atoms with Crippen LogP contribution in [-0.2, 0) is 9.59 Å². The predicted molar refractivity (Wildman–Crippen MR) is 114 cm³/mol. The first-order valence-corrected chi connectivity index (χ1v) is 10.5. The van der Waals surface area contributed by atoms with Crippen molar-refractivity contribution >= 4 is 38.6 Å². The normalized spacial score (nSPS) is 15.3. The molecule has 7 nitrogen and oxygen atoms in total. The van der Waals surface area contributed by atoms with Gasteiger partial charge in [0, 0.05) is 39.3 Å². The van der Waals surface area contributed by atoms with Crippen molar-refractivity contribution in [2.75, 3.05) is 31.1 Å². The Hall–Kier alpha value is -3.00. The Morgan fingerprint density at radius 3 is 2.55 bits per heavy atom. The molecule has 1 unspecified atom stereocenters. The van der Waals surface area contributed by atoms with Gasteiger partial charge < -0.3 is 15.1 Å². The zero-order valence-electron chi connectivity index (χ0n) is 16.2. The van der Waals surface area contributed by atoms with Crippen LogP contribution in [0.25, 0.3) is 10.3 Å². The lowest BCUT2D eigenvalue weighted by atomic mass is 10.0. The van der Waals surface area contributed by atoms with Crippen LogP contribution < -0.4 is 10.2 Å². The van der Waals surface area contributed by atoms with Crippen molar-refractivity contribution < 1.29 is 9.59 Å². The van der Waals surface area contributed by atoms with Crippen LogP contribution in [-0.4, -0.2) is 52.9 Å². The highest BCUT2D eigenvalue weighted by Gasteiger charge is 2.26.